The van der Waals surface area contributed by atoms with E-state index in [1.807, 2.05) is 18.3 Å². The monoisotopic (exact) mass is 283 g/mol. The van der Waals surface area contributed by atoms with Gasteiger partial charge in [-0.05, 0) is 46.8 Å². The molecule has 1 fully saturated rings. The lowest BCUT2D eigenvalue weighted by Gasteiger charge is -2.39. The Labute approximate surface area is 105 Å². The first kappa shape index (κ1) is 11.9. The van der Waals surface area contributed by atoms with Crippen LogP contribution in [0.3, 0.4) is 0 Å². The molecule has 0 bridgehead atoms. The number of anilines is 1. The number of pyridine rings is 1. The van der Waals surface area contributed by atoms with Crippen LogP contribution in [0.2, 0.25) is 0 Å². The number of rotatable bonds is 2. The number of piperidine rings is 1. The zero-order chi connectivity index (χ0) is 11.5. The molecule has 0 spiro atoms. The molecule has 0 amide bonds. The molecule has 1 aromatic rings. The van der Waals surface area contributed by atoms with Gasteiger partial charge in [-0.25, -0.2) is 4.98 Å². The van der Waals surface area contributed by atoms with Gasteiger partial charge in [-0.3, -0.25) is 0 Å². The van der Waals surface area contributed by atoms with Crippen molar-refractivity contribution in [2.75, 3.05) is 18.0 Å². The fourth-order valence-corrected chi connectivity index (χ4v) is 2.83. The average Bonchev–Trinajstić information content (AvgIpc) is 2.30. The minimum Gasteiger partial charge on any atom is -0.351 e. The zero-order valence-electron chi connectivity index (χ0n) is 9.56. The topological polar surface area (TPSA) is 42.2 Å². The molecule has 0 aliphatic carbocycles. The molecule has 1 aromatic heterocycles. The first-order valence-electron chi connectivity index (χ1n) is 5.79. The van der Waals surface area contributed by atoms with Gasteiger partial charge in [0.1, 0.15) is 5.82 Å². The van der Waals surface area contributed by atoms with Gasteiger partial charge in [-0.15, -0.1) is 0 Å². The Hall–Kier alpha value is -0.610. The highest BCUT2D eigenvalue weighted by molar-refractivity contribution is 9.10. The van der Waals surface area contributed by atoms with E-state index in [9.17, 15) is 0 Å². The van der Waals surface area contributed by atoms with E-state index in [4.69, 9.17) is 5.73 Å². The summed E-state index contributed by atoms with van der Waals surface area (Å²) in [5.74, 6) is 1.80. The quantitative estimate of drug-likeness (QED) is 0.906. The van der Waals surface area contributed by atoms with Gasteiger partial charge in [0.15, 0.2) is 0 Å². The van der Waals surface area contributed by atoms with E-state index in [0.29, 0.717) is 12.6 Å². The third-order valence-electron chi connectivity index (χ3n) is 3.26. The van der Waals surface area contributed by atoms with Gasteiger partial charge in [-0.2, -0.15) is 0 Å². The van der Waals surface area contributed by atoms with Crippen LogP contribution >= 0.6 is 15.9 Å². The number of nitrogens with zero attached hydrogens (tertiary/aromatic N) is 2. The van der Waals surface area contributed by atoms with E-state index < -0.39 is 0 Å². The van der Waals surface area contributed by atoms with Gasteiger partial charge in [-0.1, -0.05) is 6.92 Å². The summed E-state index contributed by atoms with van der Waals surface area (Å²) in [6.07, 6.45) is 4.23. The van der Waals surface area contributed by atoms with E-state index >= 15 is 0 Å². The predicted molar refractivity (Wildman–Crippen MR) is 70.5 cm³/mol. The van der Waals surface area contributed by atoms with Gasteiger partial charge in [0.25, 0.3) is 0 Å². The lowest BCUT2D eigenvalue weighted by molar-refractivity contribution is 0.364. The molecule has 88 valence electrons. The van der Waals surface area contributed by atoms with Crippen molar-refractivity contribution in [1.29, 1.82) is 0 Å². The largest absolute Gasteiger partial charge is 0.351 e. The molecule has 1 aliphatic rings. The second kappa shape index (κ2) is 5.15. The molecule has 0 radical (unpaired) electrons. The van der Waals surface area contributed by atoms with Gasteiger partial charge >= 0.3 is 0 Å². The van der Waals surface area contributed by atoms with Crippen molar-refractivity contribution in [1.82, 2.24) is 4.98 Å². The average molecular weight is 284 g/mol. The number of hydrogen-bond acceptors (Lipinski definition) is 3. The summed E-state index contributed by atoms with van der Waals surface area (Å²) < 4.78 is 1.06. The summed E-state index contributed by atoms with van der Waals surface area (Å²) in [7, 11) is 0. The first-order valence-corrected chi connectivity index (χ1v) is 6.59. The molecule has 2 N–H and O–H groups in total. The van der Waals surface area contributed by atoms with Crippen LogP contribution in [0.5, 0.6) is 0 Å². The normalized spacial score (nSPS) is 25.8. The summed E-state index contributed by atoms with van der Waals surface area (Å²) in [5.41, 5.74) is 5.86. The number of nitrogens with two attached hydrogens (primary N) is 1. The van der Waals surface area contributed by atoms with E-state index in [0.717, 1.165) is 22.8 Å². The highest BCUT2D eigenvalue weighted by atomic mass is 79.9. The van der Waals surface area contributed by atoms with E-state index in [2.05, 4.69) is 32.7 Å². The Morgan fingerprint density at radius 3 is 3.12 bits per heavy atom. The van der Waals surface area contributed by atoms with E-state index in [-0.39, 0.29) is 0 Å². The highest BCUT2D eigenvalue weighted by Gasteiger charge is 2.27. The Morgan fingerprint density at radius 1 is 1.62 bits per heavy atom. The fraction of sp³-hybridized carbons (Fsp3) is 0.583. The van der Waals surface area contributed by atoms with Gasteiger partial charge < -0.3 is 10.6 Å². The molecule has 16 heavy (non-hydrogen) atoms. The molecular weight excluding hydrogens is 266 g/mol. The van der Waals surface area contributed by atoms with Crippen molar-refractivity contribution in [3.63, 3.8) is 0 Å². The Kier molecular flexibility index (Phi) is 3.82. The molecular formula is C12H18BrN3. The molecule has 0 aromatic carbocycles. The van der Waals surface area contributed by atoms with Crippen molar-refractivity contribution in [2.45, 2.75) is 25.8 Å². The van der Waals surface area contributed by atoms with Gasteiger partial charge in [0.2, 0.25) is 0 Å². The predicted octanol–water partition coefficient (Wildman–Crippen LogP) is 2.41. The minimum atomic E-state index is 0.426. The van der Waals surface area contributed by atoms with Crippen LogP contribution < -0.4 is 10.6 Å². The molecule has 3 nitrogen and oxygen atoms in total. The van der Waals surface area contributed by atoms with Crippen LogP contribution in [0.25, 0.3) is 0 Å². The number of aromatic nitrogens is 1. The summed E-state index contributed by atoms with van der Waals surface area (Å²) in [6.45, 7) is 4.06. The third-order valence-corrected chi connectivity index (χ3v) is 3.88. The number of hydrogen-bond donors (Lipinski definition) is 1. The molecule has 0 saturated carbocycles. The third kappa shape index (κ3) is 2.38. The zero-order valence-corrected chi connectivity index (χ0v) is 11.2. The number of halogens is 1. The molecule has 4 heteroatoms. The first-order chi connectivity index (χ1) is 7.72. The molecule has 1 saturated heterocycles. The SMILES string of the molecule is CC1CCN(c2ncccc2Br)C(CN)C1. The van der Waals surface area contributed by atoms with Crippen molar-refractivity contribution in [2.24, 2.45) is 11.7 Å². The van der Waals surface area contributed by atoms with Crippen molar-refractivity contribution in [3.05, 3.63) is 22.8 Å². The second-order valence-electron chi connectivity index (χ2n) is 4.52. The fourth-order valence-electron chi connectivity index (χ4n) is 2.34. The van der Waals surface area contributed by atoms with Gasteiger partial charge in [0, 0.05) is 25.3 Å². The van der Waals surface area contributed by atoms with E-state index in [1.165, 1.54) is 12.8 Å². The van der Waals surface area contributed by atoms with Crippen LogP contribution in [0, 0.1) is 5.92 Å². The van der Waals surface area contributed by atoms with Crippen LogP contribution in [0.15, 0.2) is 22.8 Å². The van der Waals surface area contributed by atoms with E-state index in [1.54, 1.807) is 0 Å². The molecule has 2 unspecified atom stereocenters. The van der Waals surface area contributed by atoms with Crippen LogP contribution in [0.1, 0.15) is 19.8 Å². The van der Waals surface area contributed by atoms with Crippen molar-refractivity contribution >= 4 is 21.7 Å². The molecule has 1 aliphatic heterocycles. The molecule has 2 heterocycles. The molecule has 2 rings (SSSR count). The summed E-state index contributed by atoms with van der Waals surface area (Å²) in [4.78, 5) is 6.79. The van der Waals surface area contributed by atoms with Crippen molar-refractivity contribution in [3.8, 4) is 0 Å². The minimum absolute atomic E-state index is 0.426. The smallest absolute Gasteiger partial charge is 0.143 e. The summed E-state index contributed by atoms with van der Waals surface area (Å²) in [6, 6.07) is 4.40. The molecule has 2 atom stereocenters. The van der Waals surface area contributed by atoms with Crippen LogP contribution in [-0.4, -0.2) is 24.1 Å². The highest BCUT2D eigenvalue weighted by Crippen LogP contribution is 2.30. The summed E-state index contributed by atoms with van der Waals surface area (Å²) in [5, 5.41) is 0. The van der Waals surface area contributed by atoms with Crippen LogP contribution in [-0.2, 0) is 0 Å². The lowest BCUT2D eigenvalue weighted by Crippen LogP contribution is -2.46. The maximum atomic E-state index is 5.86. The lowest BCUT2D eigenvalue weighted by atomic mass is 9.92. The van der Waals surface area contributed by atoms with Crippen LogP contribution in [0.4, 0.5) is 5.82 Å². The Balaban J connectivity index is 2.22. The standard InChI is InChI=1S/C12H18BrN3/c1-9-4-6-16(10(7-9)8-14)12-11(13)3-2-5-15-12/h2-3,5,9-10H,4,6-8,14H2,1H3. The second-order valence-corrected chi connectivity index (χ2v) is 5.38. The Bertz CT molecular complexity index is 356. The maximum absolute atomic E-state index is 5.86. The van der Waals surface area contributed by atoms with Crippen molar-refractivity contribution < 1.29 is 0 Å². The summed E-state index contributed by atoms with van der Waals surface area (Å²) >= 11 is 3.56. The maximum Gasteiger partial charge on any atom is 0.143 e. The Morgan fingerprint density at radius 2 is 2.44 bits per heavy atom. The van der Waals surface area contributed by atoms with Gasteiger partial charge in [0.05, 0.1) is 4.47 Å².